The van der Waals surface area contributed by atoms with Gasteiger partial charge in [-0.25, -0.2) is 0 Å². The van der Waals surface area contributed by atoms with E-state index in [1.807, 2.05) is 6.92 Å². The van der Waals surface area contributed by atoms with Gasteiger partial charge in [-0.3, -0.25) is 4.79 Å². The molecule has 1 aromatic rings. The molecule has 0 radical (unpaired) electrons. The van der Waals surface area contributed by atoms with E-state index in [0.29, 0.717) is 11.6 Å². The molecule has 0 atom stereocenters. The lowest BCUT2D eigenvalue weighted by molar-refractivity contribution is 0.0950. The van der Waals surface area contributed by atoms with Crippen molar-refractivity contribution in [2.24, 2.45) is 0 Å². The highest BCUT2D eigenvalue weighted by Crippen LogP contribution is 2.21. The Hall–Kier alpha value is -1.26. The number of hydrogen-bond donors (Lipinski definition) is 3. The zero-order valence-corrected chi connectivity index (χ0v) is 10.5. The van der Waals surface area contributed by atoms with E-state index in [-0.39, 0.29) is 17.2 Å². The van der Waals surface area contributed by atoms with E-state index in [9.17, 15) is 9.90 Å². The van der Waals surface area contributed by atoms with Crippen molar-refractivity contribution >= 4 is 17.5 Å². The molecule has 1 aromatic carbocycles. The minimum atomic E-state index is -0.282. The molecule has 0 saturated carbocycles. The minimum absolute atomic E-state index is 0.0957. The maximum absolute atomic E-state index is 11.7. The highest BCUT2D eigenvalue weighted by Gasteiger charge is 2.10. The Bertz CT molecular complexity index is 383. The molecule has 0 fully saturated rings. The number of rotatable bonds is 6. The maximum atomic E-state index is 11.7. The third kappa shape index (κ3) is 4.63. The first-order valence-corrected chi connectivity index (χ1v) is 6.00. The molecule has 94 valence electrons. The number of carbonyl (C=O) groups excluding carboxylic acids is 1. The molecule has 1 amide bonds. The first-order valence-electron chi connectivity index (χ1n) is 5.62. The quantitative estimate of drug-likeness (QED) is 0.680. The molecular weight excluding hydrogens is 240 g/mol. The van der Waals surface area contributed by atoms with Crippen LogP contribution in [0.15, 0.2) is 18.2 Å². The van der Waals surface area contributed by atoms with E-state index in [4.69, 9.17) is 11.6 Å². The summed E-state index contributed by atoms with van der Waals surface area (Å²) in [5.41, 5.74) is 0.248. The van der Waals surface area contributed by atoms with Crippen LogP contribution in [0, 0.1) is 0 Å². The largest absolute Gasteiger partial charge is 0.507 e. The van der Waals surface area contributed by atoms with Crippen LogP contribution in [0.1, 0.15) is 23.7 Å². The Balaban J connectivity index is 2.42. The van der Waals surface area contributed by atoms with Gasteiger partial charge in [-0.1, -0.05) is 18.5 Å². The molecule has 0 heterocycles. The fourth-order valence-electron chi connectivity index (χ4n) is 1.38. The lowest BCUT2D eigenvalue weighted by Gasteiger charge is -2.07. The maximum Gasteiger partial charge on any atom is 0.255 e. The van der Waals surface area contributed by atoms with Crippen LogP contribution in [-0.2, 0) is 0 Å². The van der Waals surface area contributed by atoms with Gasteiger partial charge in [-0.05, 0) is 37.7 Å². The molecule has 5 heteroatoms. The average Bonchev–Trinajstić information content (AvgIpc) is 2.28. The van der Waals surface area contributed by atoms with Crippen LogP contribution in [0.2, 0.25) is 5.02 Å². The number of nitrogens with one attached hydrogen (secondary N) is 2. The van der Waals surface area contributed by atoms with Crippen molar-refractivity contribution in [1.29, 1.82) is 0 Å². The van der Waals surface area contributed by atoms with Crippen molar-refractivity contribution in [2.75, 3.05) is 19.6 Å². The zero-order valence-electron chi connectivity index (χ0n) is 9.79. The predicted molar refractivity (Wildman–Crippen MR) is 68.6 cm³/mol. The van der Waals surface area contributed by atoms with Crippen LogP contribution in [0.4, 0.5) is 0 Å². The third-order valence-electron chi connectivity index (χ3n) is 2.27. The van der Waals surface area contributed by atoms with E-state index in [1.165, 1.54) is 12.1 Å². The number of aromatic hydroxyl groups is 1. The molecule has 0 spiro atoms. The lowest BCUT2D eigenvalue weighted by atomic mass is 10.2. The van der Waals surface area contributed by atoms with Crippen molar-refractivity contribution in [3.05, 3.63) is 28.8 Å². The van der Waals surface area contributed by atoms with E-state index in [0.717, 1.165) is 19.5 Å². The highest BCUT2D eigenvalue weighted by molar-refractivity contribution is 6.30. The van der Waals surface area contributed by atoms with Crippen molar-refractivity contribution in [3.63, 3.8) is 0 Å². The summed E-state index contributed by atoms with van der Waals surface area (Å²) in [5.74, 6) is -0.377. The number of halogens is 1. The van der Waals surface area contributed by atoms with Gasteiger partial charge in [0.1, 0.15) is 5.75 Å². The van der Waals surface area contributed by atoms with E-state index in [1.54, 1.807) is 6.07 Å². The zero-order chi connectivity index (χ0) is 12.7. The number of hydrogen-bond acceptors (Lipinski definition) is 3. The first-order chi connectivity index (χ1) is 8.15. The van der Waals surface area contributed by atoms with Gasteiger partial charge < -0.3 is 15.7 Å². The Labute approximate surface area is 106 Å². The minimum Gasteiger partial charge on any atom is -0.507 e. The Kier molecular flexibility index (Phi) is 5.80. The molecule has 4 nitrogen and oxygen atoms in total. The van der Waals surface area contributed by atoms with Crippen LogP contribution in [-0.4, -0.2) is 30.6 Å². The number of benzene rings is 1. The van der Waals surface area contributed by atoms with Crippen molar-refractivity contribution < 1.29 is 9.90 Å². The Morgan fingerprint density at radius 2 is 2.18 bits per heavy atom. The second-order valence-electron chi connectivity index (χ2n) is 3.62. The second kappa shape index (κ2) is 7.14. The summed E-state index contributed by atoms with van der Waals surface area (Å²) in [6.07, 6.45) is 0.855. The fraction of sp³-hybridized carbons (Fsp3) is 0.417. The number of phenols is 1. The highest BCUT2D eigenvalue weighted by atomic mass is 35.5. The van der Waals surface area contributed by atoms with Gasteiger partial charge in [0.25, 0.3) is 5.91 Å². The van der Waals surface area contributed by atoms with Crippen molar-refractivity contribution in [2.45, 2.75) is 13.3 Å². The third-order valence-corrected chi connectivity index (χ3v) is 2.51. The van der Waals surface area contributed by atoms with E-state index >= 15 is 0 Å². The van der Waals surface area contributed by atoms with E-state index < -0.39 is 0 Å². The van der Waals surface area contributed by atoms with Gasteiger partial charge in [-0.15, -0.1) is 0 Å². The Morgan fingerprint density at radius 3 is 2.82 bits per heavy atom. The lowest BCUT2D eigenvalue weighted by Crippen LogP contribution is -2.27. The number of amides is 1. The summed E-state index contributed by atoms with van der Waals surface area (Å²) in [6.45, 7) is 4.40. The first kappa shape index (κ1) is 13.8. The van der Waals surface area contributed by atoms with Gasteiger partial charge in [0, 0.05) is 11.6 Å². The molecule has 1 rings (SSSR count). The smallest absolute Gasteiger partial charge is 0.255 e. The molecule has 0 aliphatic rings. The van der Waals surface area contributed by atoms with Crippen LogP contribution in [0.5, 0.6) is 5.75 Å². The van der Waals surface area contributed by atoms with Gasteiger partial charge in [-0.2, -0.15) is 0 Å². The second-order valence-corrected chi connectivity index (χ2v) is 4.06. The SMILES string of the molecule is CCNCCCNC(=O)c1ccc(Cl)cc1O. The molecule has 0 aromatic heterocycles. The van der Waals surface area contributed by atoms with Crippen molar-refractivity contribution in [3.8, 4) is 5.75 Å². The summed E-state index contributed by atoms with van der Waals surface area (Å²) >= 11 is 5.68. The average molecular weight is 257 g/mol. The molecule has 0 aliphatic heterocycles. The normalized spacial score (nSPS) is 10.2. The molecular formula is C12H17ClN2O2. The molecule has 0 saturated heterocycles. The van der Waals surface area contributed by atoms with Crippen LogP contribution in [0.25, 0.3) is 0 Å². The summed E-state index contributed by atoms with van der Waals surface area (Å²) in [7, 11) is 0. The summed E-state index contributed by atoms with van der Waals surface area (Å²) in [4.78, 5) is 11.7. The summed E-state index contributed by atoms with van der Waals surface area (Å²) in [6, 6.07) is 4.45. The van der Waals surface area contributed by atoms with E-state index in [2.05, 4.69) is 10.6 Å². The van der Waals surface area contributed by atoms with Crippen LogP contribution in [0.3, 0.4) is 0 Å². The molecule has 0 bridgehead atoms. The van der Waals surface area contributed by atoms with Crippen molar-refractivity contribution in [1.82, 2.24) is 10.6 Å². The summed E-state index contributed by atoms with van der Waals surface area (Å²) in [5, 5.41) is 15.9. The fourth-order valence-corrected chi connectivity index (χ4v) is 1.55. The van der Waals surface area contributed by atoms with Gasteiger partial charge in [0.05, 0.1) is 5.56 Å². The molecule has 0 unspecified atom stereocenters. The van der Waals surface area contributed by atoms with Crippen LogP contribution >= 0.6 is 11.6 Å². The van der Waals surface area contributed by atoms with Gasteiger partial charge in [0.2, 0.25) is 0 Å². The number of phenolic OH excluding ortho intramolecular Hbond substituents is 1. The predicted octanol–water partition coefficient (Wildman–Crippen LogP) is 1.77. The van der Waals surface area contributed by atoms with Gasteiger partial charge >= 0.3 is 0 Å². The molecule has 0 aliphatic carbocycles. The summed E-state index contributed by atoms with van der Waals surface area (Å²) < 4.78 is 0. The van der Waals surface area contributed by atoms with Crippen LogP contribution < -0.4 is 10.6 Å². The van der Waals surface area contributed by atoms with Gasteiger partial charge in [0.15, 0.2) is 0 Å². The molecule has 3 N–H and O–H groups in total. The standard InChI is InChI=1S/C12H17ClN2O2/c1-2-14-6-3-7-15-12(17)10-5-4-9(13)8-11(10)16/h4-5,8,14,16H,2-3,6-7H2,1H3,(H,15,17). The number of carbonyl (C=O) groups is 1. The molecule has 17 heavy (non-hydrogen) atoms. The monoisotopic (exact) mass is 256 g/mol. The topological polar surface area (TPSA) is 61.4 Å². The Morgan fingerprint density at radius 1 is 1.41 bits per heavy atom.